The lowest BCUT2D eigenvalue weighted by molar-refractivity contribution is 1.22. The number of fused-ring (bicyclic) bond motifs is 1. The summed E-state index contributed by atoms with van der Waals surface area (Å²) in [4.78, 5) is 8.36. The number of pyridine rings is 1. The molecule has 3 N–H and O–H groups in total. The van der Waals surface area contributed by atoms with Gasteiger partial charge in [-0.15, -0.1) is 0 Å². The third-order valence-electron chi connectivity index (χ3n) is 2.54. The van der Waals surface area contributed by atoms with E-state index in [0.29, 0.717) is 5.69 Å². The maximum Gasteiger partial charge on any atom is 0.0781 e. The summed E-state index contributed by atoms with van der Waals surface area (Å²) in [5.74, 6) is 0. The molecule has 3 aromatic rings. The highest BCUT2D eigenvalue weighted by molar-refractivity contribution is 7.99. The number of nitrogen functional groups attached to an aromatic ring is 1. The summed E-state index contributed by atoms with van der Waals surface area (Å²) in [5, 5.41) is 2.30. The Balaban J connectivity index is 1.98. The summed E-state index contributed by atoms with van der Waals surface area (Å²) in [6.45, 7) is 0. The molecule has 0 saturated carbocycles. The molecule has 0 aliphatic carbocycles. The molecule has 0 radical (unpaired) electrons. The minimum absolute atomic E-state index is 0.705. The van der Waals surface area contributed by atoms with Gasteiger partial charge in [-0.25, -0.2) is 0 Å². The van der Waals surface area contributed by atoms with E-state index in [1.54, 1.807) is 24.2 Å². The van der Waals surface area contributed by atoms with E-state index >= 15 is 0 Å². The summed E-state index contributed by atoms with van der Waals surface area (Å²) in [5.41, 5.74) is 7.71. The molecule has 0 amide bonds. The highest BCUT2D eigenvalue weighted by Crippen LogP contribution is 2.32. The molecule has 0 fully saturated rings. The van der Waals surface area contributed by atoms with Crippen molar-refractivity contribution in [3.63, 3.8) is 0 Å². The molecule has 4 heteroatoms. The van der Waals surface area contributed by atoms with Crippen molar-refractivity contribution in [2.24, 2.45) is 0 Å². The third kappa shape index (κ3) is 1.99. The van der Waals surface area contributed by atoms with E-state index in [2.05, 4.69) is 28.2 Å². The van der Waals surface area contributed by atoms with Gasteiger partial charge in [0.05, 0.1) is 16.9 Å². The number of anilines is 1. The molecule has 84 valence electrons. The molecule has 0 aliphatic heterocycles. The number of nitrogens with two attached hydrogens (primary N) is 1. The molecule has 0 saturated heterocycles. The van der Waals surface area contributed by atoms with Gasteiger partial charge in [-0.2, -0.15) is 0 Å². The summed E-state index contributed by atoms with van der Waals surface area (Å²) in [6.07, 6.45) is 3.42. The first-order valence-electron chi connectivity index (χ1n) is 5.28. The van der Waals surface area contributed by atoms with Gasteiger partial charge >= 0.3 is 0 Å². The second kappa shape index (κ2) is 4.14. The fourth-order valence-electron chi connectivity index (χ4n) is 1.71. The minimum atomic E-state index is 0.705. The van der Waals surface area contributed by atoms with E-state index in [-0.39, 0.29) is 0 Å². The van der Waals surface area contributed by atoms with Gasteiger partial charge < -0.3 is 10.7 Å². The van der Waals surface area contributed by atoms with Crippen LogP contribution in [0.3, 0.4) is 0 Å². The summed E-state index contributed by atoms with van der Waals surface area (Å²) in [6, 6.07) is 12.3. The van der Waals surface area contributed by atoms with Crippen molar-refractivity contribution in [3.8, 4) is 0 Å². The van der Waals surface area contributed by atoms with E-state index < -0.39 is 0 Å². The number of hydrogen-bond donors (Lipinski definition) is 2. The lowest BCUT2D eigenvalue weighted by Gasteiger charge is -2.01. The largest absolute Gasteiger partial charge is 0.397 e. The summed E-state index contributed by atoms with van der Waals surface area (Å²) in [7, 11) is 0. The van der Waals surface area contributed by atoms with Crippen LogP contribution in [-0.2, 0) is 0 Å². The van der Waals surface area contributed by atoms with E-state index in [4.69, 9.17) is 5.73 Å². The zero-order valence-corrected chi connectivity index (χ0v) is 9.87. The van der Waals surface area contributed by atoms with Crippen LogP contribution < -0.4 is 5.73 Å². The van der Waals surface area contributed by atoms with E-state index in [0.717, 1.165) is 15.4 Å². The van der Waals surface area contributed by atoms with E-state index in [9.17, 15) is 0 Å². The van der Waals surface area contributed by atoms with Crippen molar-refractivity contribution in [1.29, 1.82) is 0 Å². The zero-order valence-electron chi connectivity index (χ0n) is 9.05. The number of benzene rings is 1. The Kier molecular flexibility index (Phi) is 2.49. The van der Waals surface area contributed by atoms with Crippen LogP contribution in [0.1, 0.15) is 0 Å². The standard InChI is InChI=1S/C13H11N3S/c14-10-8-15-6-5-12(10)17-13-7-9-3-1-2-4-11(9)16-13/h1-8,16H,14H2. The van der Waals surface area contributed by atoms with Gasteiger partial charge in [-0.05, 0) is 18.2 Å². The fraction of sp³-hybridized carbons (Fsp3) is 0. The van der Waals surface area contributed by atoms with Crippen molar-refractivity contribution in [2.75, 3.05) is 5.73 Å². The van der Waals surface area contributed by atoms with Crippen LogP contribution in [0, 0.1) is 0 Å². The Morgan fingerprint density at radius 3 is 2.88 bits per heavy atom. The molecule has 0 atom stereocenters. The van der Waals surface area contributed by atoms with Crippen LogP contribution in [0.15, 0.2) is 58.7 Å². The molecule has 0 spiro atoms. The lowest BCUT2D eigenvalue weighted by Crippen LogP contribution is -1.88. The SMILES string of the molecule is Nc1cnccc1Sc1cc2ccccc2[nH]1. The molecule has 3 rings (SSSR count). The molecule has 0 unspecified atom stereocenters. The smallest absolute Gasteiger partial charge is 0.0781 e. The van der Waals surface area contributed by atoms with Gasteiger partial charge in [0.2, 0.25) is 0 Å². The highest BCUT2D eigenvalue weighted by atomic mass is 32.2. The first-order chi connectivity index (χ1) is 8.33. The van der Waals surface area contributed by atoms with Gasteiger partial charge in [0, 0.05) is 22.0 Å². The van der Waals surface area contributed by atoms with E-state index in [1.807, 2.05) is 18.2 Å². The second-order valence-corrected chi connectivity index (χ2v) is 4.82. The van der Waals surface area contributed by atoms with Crippen molar-refractivity contribution >= 4 is 28.4 Å². The highest BCUT2D eigenvalue weighted by Gasteiger charge is 2.04. The summed E-state index contributed by atoms with van der Waals surface area (Å²) < 4.78 is 0. The number of rotatable bonds is 2. The monoisotopic (exact) mass is 241 g/mol. The minimum Gasteiger partial charge on any atom is -0.397 e. The Hall–Kier alpha value is -1.94. The average Bonchev–Trinajstić information content (AvgIpc) is 2.74. The third-order valence-corrected chi connectivity index (χ3v) is 3.57. The van der Waals surface area contributed by atoms with Crippen LogP contribution >= 0.6 is 11.8 Å². The predicted molar refractivity (Wildman–Crippen MR) is 71.1 cm³/mol. The van der Waals surface area contributed by atoms with Crippen LogP contribution in [0.2, 0.25) is 0 Å². The second-order valence-electron chi connectivity index (χ2n) is 3.74. The maximum atomic E-state index is 5.87. The van der Waals surface area contributed by atoms with Gasteiger partial charge in [0.15, 0.2) is 0 Å². The van der Waals surface area contributed by atoms with Crippen LogP contribution in [-0.4, -0.2) is 9.97 Å². The van der Waals surface area contributed by atoms with Crippen LogP contribution in [0.25, 0.3) is 10.9 Å². The number of nitrogens with zero attached hydrogens (tertiary/aromatic N) is 1. The molecule has 0 aliphatic rings. The molecular formula is C13H11N3S. The topological polar surface area (TPSA) is 54.7 Å². The Bertz CT molecular complexity index is 627. The molecule has 2 heterocycles. The first kappa shape index (κ1) is 10.2. The number of H-pyrrole nitrogens is 1. The molecule has 17 heavy (non-hydrogen) atoms. The van der Waals surface area contributed by atoms with Gasteiger partial charge in [0.1, 0.15) is 0 Å². The Labute approximate surface area is 103 Å². The van der Waals surface area contributed by atoms with Gasteiger partial charge in [-0.1, -0.05) is 30.0 Å². The number of nitrogens with one attached hydrogen (secondary N) is 1. The van der Waals surface area contributed by atoms with Crippen molar-refractivity contribution in [1.82, 2.24) is 9.97 Å². The molecule has 3 nitrogen and oxygen atoms in total. The molecule has 0 bridgehead atoms. The Morgan fingerprint density at radius 1 is 1.18 bits per heavy atom. The van der Waals surface area contributed by atoms with Gasteiger partial charge in [-0.3, -0.25) is 4.98 Å². The summed E-state index contributed by atoms with van der Waals surface area (Å²) >= 11 is 1.62. The predicted octanol–water partition coefficient (Wildman–Crippen LogP) is 3.30. The van der Waals surface area contributed by atoms with E-state index in [1.165, 1.54) is 5.39 Å². The van der Waals surface area contributed by atoms with Gasteiger partial charge in [0.25, 0.3) is 0 Å². The number of hydrogen-bond acceptors (Lipinski definition) is 3. The molecule has 1 aromatic carbocycles. The number of para-hydroxylation sites is 1. The van der Waals surface area contributed by atoms with Crippen molar-refractivity contribution in [2.45, 2.75) is 9.92 Å². The van der Waals surface area contributed by atoms with Crippen LogP contribution in [0.5, 0.6) is 0 Å². The lowest BCUT2D eigenvalue weighted by atomic mass is 10.3. The van der Waals surface area contributed by atoms with Crippen LogP contribution in [0.4, 0.5) is 5.69 Å². The zero-order chi connectivity index (χ0) is 11.7. The fourth-order valence-corrected chi connectivity index (χ4v) is 2.59. The number of aromatic amines is 1. The molecule has 2 aromatic heterocycles. The quantitative estimate of drug-likeness (QED) is 0.723. The average molecular weight is 241 g/mol. The molecular weight excluding hydrogens is 230 g/mol. The number of aromatic nitrogens is 2. The van der Waals surface area contributed by atoms with Crippen molar-refractivity contribution in [3.05, 3.63) is 48.8 Å². The first-order valence-corrected chi connectivity index (χ1v) is 6.10. The Morgan fingerprint density at radius 2 is 2.06 bits per heavy atom. The van der Waals surface area contributed by atoms with Crippen molar-refractivity contribution < 1.29 is 0 Å². The maximum absolute atomic E-state index is 5.87. The normalized spacial score (nSPS) is 10.8.